The highest BCUT2D eigenvalue weighted by atomic mass is 35.5. The summed E-state index contributed by atoms with van der Waals surface area (Å²) in [7, 11) is 1.93. The molecule has 5 nitrogen and oxygen atoms in total. The van der Waals surface area contributed by atoms with Crippen molar-refractivity contribution < 1.29 is 0 Å². The monoisotopic (exact) mass is 293 g/mol. The molecule has 0 aliphatic heterocycles. The second kappa shape index (κ2) is 5.58. The van der Waals surface area contributed by atoms with E-state index in [2.05, 4.69) is 28.6 Å². The van der Waals surface area contributed by atoms with Gasteiger partial charge in [-0.2, -0.15) is 10.2 Å². The summed E-state index contributed by atoms with van der Waals surface area (Å²) in [5, 5.41) is 13.1. The van der Waals surface area contributed by atoms with Gasteiger partial charge in [0.05, 0.1) is 29.2 Å². The van der Waals surface area contributed by atoms with Gasteiger partial charge >= 0.3 is 0 Å². The van der Waals surface area contributed by atoms with Gasteiger partial charge in [0.25, 0.3) is 0 Å². The molecule has 0 saturated heterocycles. The second-order valence-electron chi connectivity index (χ2n) is 5.39. The summed E-state index contributed by atoms with van der Waals surface area (Å²) < 4.78 is 3.78. The fraction of sp³-hybridized carbons (Fsp3) is 0.571. The molecule has 0 atom stereocenters. The van der Waals surface area contributed by atoms with Crippen LogP contribution >= 0.6 is 11.6 Å². The first-order chi connectivity index (χ1) is 9.67. The maximum absolute atomic E-state index is 6.36. The van der Waals surface area contributed by atoms with Crippen LogP contribution in [0, 0.1) is 0 Å². The first-order valence-electron chi connectivity index (χ1n) is 7.12. The molecule has 1 N–H and O–H groups in total. The van der Waals surface area contributed by atoms with E-state index in [0.29, 0.717) is 6.54 Å². The topological polar surface area (TPSA) is 47.7 Å². The number of rotatable bonds is 6. The molecule has 20 heavy (non-hydrogen) atoms. The maximum Gasteiger partial charge on any atom is 0.0869 e. The SMILES string of the molecule is CCc1nn(C)c(Cn2cc(CNC3CC3)cn2)c1Cl. The van der Waals surface area contributed by atoms with Crippen LogP contribution < -0.4 is 5.32 Å². The predicted molar refractivity (Wildman–Crippen MR) is 78.8 cm³/mol. The van der Waals surface area contributed by atoms with Gasteiger partial charge in [0.15, 0.2) is 0 Å². The minimum atomic E-state index is 0.658. The Balaban J connectivity index is 1.69. The Hall–Kier alpha value is -1.33. The zero-order chi connectivity index (χ0) is 14.1. The van der Waals surface area contributed by atoms with E-state index in [9.17, 15) is 0 Å². The lowest BCUT2D eigenvalue weighted by Gasteiger charge is -2.03. The molecule has 0 amide bonds. The number of nitrogens with one attached hydrogen (secondary N) is 1. The highest BCUT2D eigenvalue weighted by Crippen LogP contribution is 2.22. The molecule has 3 rings (SSSR count). The second-order valence-corrected chi connectivity index (χ2v) is 5.76. The number of aryl methyl sites for hydroxylation is 2. The van der Waals surface area contributed by atoms with E-state index in [1.54, 1.807) is 0 Å². The van der Waals surface area contributed by atoms with Crippen molar-refractivity contribution >= 4 is 11.6 Å². The molecule has 0 aromatic carbocycles. The van der Waals surface area contributed by atoms with E-state index in [0.717, 1.165) is 35.4 Å². The van der Waals surface area contributed by atoms with Crippen LogP contribution in [0.4, 0.5) is 0 Å². The average Bonchev–Trinajstić information content (AvgIpc) is 3.11. The molecule has 1 fully saturated rings. The molecule has 1 saturated carbocycles. The van der Waals surface area contributed by atoms with Gasteiger partial charge in [-0.05, 0) is 19.3 Å². The number of hydrogen-bond acceptors (Lipinski definition) is 3. The van der Waals surface area contributed by atoms with Crippen molar-refractivity contribution in [2.24, 2.45) is 7.05 Å². The first-order valence-corrected chi connectivity index (χ1v) is 7.50. The lowest BCUT2D eigenvalue weighted by molar-refractivity contribution is 0.616. The van der Waals surface area contributed by atoms with Crippen molar-refractivity contribution in [2.75, 3.05) is 0 Å². The van der Waals surface area contributed by atoms with Crippen LogP contribution in [0.3, 0.4) is 0 Å². The Morgan fingerprint density at radius 1 is 1.45 bits per heavy atom. The maximum atomic E-state index is 6.36. The van der Waals surface area contributed by atoms with Crippen LogP contribution in [0.1, 0.15) is 36.7 Å². The zero-order valence-electron chi connectivity index (χ0n) is 11.9. The van der Waals surface area contributed by atoms with Gasteiger partial charge in [0, 0.05) is 31.4 Å². The number of aromatic nitrogens is 4. The molecule has 6 heteroatoms. The summed E-state index contributed by atoms with van der Waals surface area (Å²) in [6.07, 6.45) is 7.45. The third-order valence-corrected chi connectivity index (χ3v) is 4.11. The summed E-state index contributed by atoms with van der Waals surface area (Å²) in [6.45, 7) is 3.61. The van der Waals surface area contributed by atoms with Crippen molar-refractivity contribution in [1.82, 2.24) is 24.9 Å². The summed E-state index contributed by atoms with van der Waals surface area (Å²) in [5.41, 5.74) is 3.17. The van der Waals surface area contributed by atoms with Crippen molar-refractivity contribution in [3.05, 3.63) is 34.4 Å². The Labute approximate surface area is 123 Å². The predicted octanol–water partition coefficient (Wildman–Crippen LogP) is 2.13. The number of nitrogens with zero attached hydrogens (tertiary/aromatic N) is 4. The third kappa shape index (κ3) is 2.88. The van der Waals surface area contributed by atoms with Crippen LogP contribution in [-0.4, -0.2) is 25.6 Å². The minimum absolute atomic E-state index is 0.658. The van der Waals surface area contributed by atoms with Crippen LogP contribution in [0.15, 0.2) is 12.4 Å². The largest absolute Gasteiger partial charge is 0.310 e. The van der Waals surface area contributed by atoms with Gasteiger partial charge in [-0.3, -0.25) is 9.36 Å². The van der Waals surface area contributed by atoms with E-state index in [1.807, 2.05) is 22.6 Å². The van der Waals surface area contributed by atoms with Crippen LogP contribution in [0.25, 0.3) is 0 Å². The van der Waals surface area contributed by atoms with Gasteiger partial charge in [-0.1, -0.05) is 18.5 Å². The fourth-order valence-corrected chi connectivity index (χ4v) is 2.63. The highest BCUT2D eigenvalue weighted by Gasteiger charge is 2.20. The molecule has 0 radical (unpaired) electrons. The smallest absolute Gasteiger partial charge is 0.0869 e. The summed E-state index contributed by atoms with van der Waals surface area (Å²) >= 11 is 6.36. The average molecular weight is 294 g/mol. The molecule has 1 aliphatic carbocycles. The molecule has 2 aromatic rings. The fourth-order valence-electron chi connectivity index (χ4n) is 2.28. The van der Waals surface area contributed by atoms with E-state index in [-0.39, 0.29) is 0 Å². The van der Waals surface area contributed by atoms with Gasteiger partial charge in [0.2, 0.25) is 0 Å². The molecule has 0 bridgehead atoms. The van der Waals surface area contributed by atoms with Crippen LogP contribution in [0.5, 0.6) is 0 Å². The summed E-state index contributed by atoms with van der Waals surface area (Å²) in [6, 6.07) is 0.719. The van der Waals surface area contributed by atoms with E-state index in [4.69, 9.17) is 11.6 Å². The van der Waals surface area contributed by atoms with Crippen molar-refractivity contribution in [2.45, 2.75) is 45.3 Å². The van der Waals surface area contributed by atoms with Gasteiger partial charge < -0.3 is 5.32 Å². The Bertz CT molecular complexity index is 597. The Morgan fingerprint density at radius 2 is 2.25 bits per heavy atom. The summed E-state index contributed by atoms with van der Waals surface area (Å²) in [5.74, 6) is 0. The lowest BCUT2D eigenvalue weighted by atomic mass is 10.3. The molecule has 0 unspecified atom stereocenters. The normalized spacial score (nSPS) is 14.9. The standard InChI is InChI=1S/C14H20ClN5/c1-3-12-14(15)13(19(2)18-12)9-20-8-10(7-17-20)6-16-11-4-5-11/h7-8,11,16H,3-6,9H2,1-2H3. The molecular weight excluding hydrogens is 274 g/mol. The van der Waals surface area contributed by atoms with E-state index >= 15 is 0 Å². The van der Waals surface area contributed by atoms with Crippen molar-refractivity contribution in [1.29, 1.82) is 0 Å². The van der Waals surface area contributed by atoms with Gasteiger partial charge in [-0.15, -0.1) is 0 Å². The number of halogens is 1. The third-order valence-electron chi connectivity index (χ3n) is 3.67. The van der Waals surface area contributed by atoms with E-state index < -0.39 is 0 Å². The molecular formula is C14H20ClN5. The quantitative estimate of drug-likeness (QED) is 0.887. The van der Waals surface area contributed by atoms with E-state index in [1.165, 1.54) is 18.4 Å². The molecule has 2 heterocycles. The summed E-state index contributed by atoms with van der Waals surface area (Å²) in [4.78, 5) is 0. The molecule has 1 aliphatic rings. The first kappa shape index (κ1) is 13.6. The van der Waals surface area contributed by atoms with Gasteiger partial charge in [-0.25, -0.2) is 0 Å². The molecule has 0 spiro atoms. The van der Waals surface area contributed by atoms with Crippen molar-refractivity contribution in [3.8, 4) is 0 Å². The molecule has 2 aromatic heterocycles. The van der Waals surface area contributed by atoms with Crippen LogP contribution in [0.2, 0.25) is 5.02 Å². The lowest BCUT2D eigenvalue weighted by Crippen LogP contribution is -2.14. The molecule has 108 valence electrons. The van der Waals surface area contributed by atoms with Crippen molar-refractivity contribution in [3.63, 3.8) is 0 Å². The Kier molecular flexibility index (Phi) is 3.81. The van der Waals surface area contributed by atoms with Crippen LogP contribution in [-0.2, 0) is 26.6 Å². The minimum Gasteiger partial charge on any atom is -0.310 e. The zero-order valence-corrected chi connectivity index (χ0v) is 12.7. The Morgan fingerprint density at radius 3 is 2.90 bits per heavy atom. The number of hydrogen-bond donors (Lipinski definition) is 1. The van der Waals surface area contributed by atoms with Gasteiger partial charge in [0.1, 0.15) is 0 Å². The highest BCUT2D eigenvalue weighted by molar-refractivity contribution is 6.31.